The molecule has 0 saturated heterocycles. The smallest absolute Gasteiger partial charge is 0.252 e. The number of nitrogens with zero attached hydrogens (tertiary/aromatic N) is 4. The van der Waals surface area contributed by atoms with Gasteiger partial charge in [0.2, 0.25) is 0 Å². The quantitative estimate of drug-likeness (QED) is 0.113. The van der Waals surface area contributed by atoms with Gasteiger partial charge in [-0.05, 0) is 204 Å². The van der Waals surface area contributed by atoms with Crippen LogP contribution in [0.15, 0.2) is 394 Å². The molecule has 0 saturated carbocycles. The lowest BCUT2D eigenvalue weighted by Crippen LogP contribution is -2.61. The molecule has 0 bridgehead atoms. The molecule has 21 rings (SSSR count). The van der Waals surface area contributed by atoms with Crippen molar-refractivity contribution in [2.45, 2.75) is 33.1 Å². The second kappa shape index (κ2) is 26.7. The summed E-state index contributed by atoms with van der Waals surface area (Å²) >= 11 is 0. The van der Waals surface area contributed by atoms with E-state index in [9.17, 15) is 0 Å². The molecule has 2 aliphatic heterocycles. The van der Waals surface area contributed by atoms with Crippen LogP contribution in [-0.2, 0) is 5.41 Å². The Bertz CT molecular complexity index is 6840. The Labute approximate surface area is 654 Å². The molecule has 5 heteroatoms. The molecule has 112 heavy (non-hydrogen) atoms. The molecule has 0 N–H and O–H groups in total. The van der Waals surface area contributed by atoms with Gasteiger partial charge in [0, 0.05) is 77.9 Å². The van der Waals surface area contributed by atoms with E-state index in [2.05, 4.69) is 441 Å². The first-order valence-corrected chi connectivity index (χ1v) is 39.1. The fourth-order valence-electron chi connectivity index (χ4n) is 18.3. The number of rotatable bonds is 12. The van der Waals surface area contributed by atoms with E-state index < -0.39 is 0 Å². The summed E-state index contributed by atoms with van der Waals surface area (Å²) in [5, 5.41) is 4.88. The molecule has 0 spiro atoms. The molecule has 0 amide bonds. The van der Waals surface area contributed by atoms with E-state index >= 15 is 0 Å². The Morgan fingerprint density at radius 1 is 0.232 bits per heavy atom. The normalized spacial score (nSPS) is 12.4. The van der Waals surface area contributed by atoms with Crippen molar-refractivity contribution in [2.24, 2.45) is 0 Å². The van der Waals surface area contributed by atoms with E-state index in [1.807, 2.05) is 0 Å². The number of anilines is 6. The van der Waals surface area contributed by atoms with Crippen LogP contribution in [0.4, 0.5) is 34.1 Å². The van der Waals surface area contributed by atoms with Gasteiger partial charge in [-0.2, -0.15) is 0 Å². The number of benzene rings is 17. The van der Waals surface area contributed by atoms with E-state index in [0.29, 0.717) is 0 Å². The first-order chi connectivity index (χ1) is 55.1. The molecule has 19 aromatic rings. The van der Waals surface area contributed by atoms with Crippen LogP contribution in [0.5, 0.6) is 0 Å². The molecule has 2 aliphatic rings. The topological polar surface area (TPSA) is 16.3 Å². The maximum atomic E-state index is 2.73. The number of aryl methyl sites for hydroxylation is 1. The van der Waals surface area contributed by atoms with Crippen molar-refractivity contribution in [3.8, 4) is 100 Å². The van der Waals surface area contributed by atoms with Crippen LogP contribution >= 0.6 is 0 Å². The van der Waals surface area contributed by atoms with Gasteiger partial charge in [0.25, 0.3) is 6.71 Å². The molecule has 4 heterocycles. The molecule has 4 nitrogen and oxygen atoms in total. The molecular weight excluding hydrogens is 1350 g/mol. The minimum absolute atomic E-state index is 0.266. The summed E-state index contributed by atoms with van der Waals surface area (Å²) in [4.78, 5) is 5.44. The van der Waals surface area contributed by atoms with Gasteiger partial charge in [0.1, 0.15) is 0 Å². The first kappa shape index (κ1) is 66.2. The molecule has 0 fully saturated rings. The third kappa shape index (κ3) is 11.1. The number of hydrogen-bond acceptors (Lipinski definition) is 2. The van der Waals surface area contributed by atoms with Gasteiger partial charge < -0.3 is 18.9 Å². The highest BCUT2D eigenvalue weighted by molar-refractivity contribution is 7.00. The number of aromatic nitrogens is 2. The minimum Gasteiger partial charge on any atom is -0.310 e. The molecule has 17 aromatic carbocycles. The van der Waals surface area contributed by atoms with Crippen molar-refractivity contribution in [3.05, 3.63) is 405 Å². The van der Waals surface area contributed by atoms with Crippen LogP contribution in [0.1, 0.15) is 31.9 Å². The molecule has 0 unspecified atom stereocenters. The van der Waals surface area contributed by atoms with Crippen LogP contribution in [-0.4, -0.2) is 15.8 Å². The van der Waals surface area contributed by atoms with Crippen LogP contribution in [0.3, 0.4) is 0 Å². The van der Waals surface area contributed by atoms with Gasteiger partial charge in [-0.1, -0.05) is 318 Å². The molecule has 0 atom stereocenters. The van der Waals surface area contributed by atoms with E-state index in [1.54, 1.807) is 0 Å². The minimum atomic E-state index is -0.361. The fourth-order valence-corrected chi connectivity index (χ4v) is 18.3. The van der Waals surface area contributed by atoms with E-state index in [1.165, 1.54) is 71.3 Å². The zero-order valence-electron chi connectivity index (χ0n) is 62.9. The van der Waals surface area contributed by atoms with Gasteiger partial charge in [0.05, 0.1) is 33.4 Å². The van der Waals surface area contributed by atoms with Gasteiger partial charge in [-0.3, -0.25) is 0 Å². The zero-order valence-corrected chi connectivity index (χ0v) is 62.9. The van der Waals surface area contributed by atoms with Gasteiger partial charge in [-0.15, -0.1) is 0 Å². The largest absolute Gasteiger partial charge is 0.310 e. The fraction of sp³-hybridized carbons (Fsp3) is 0.0467. The summed E-state index contributed by atoms with van der Waals surface area (Å²) < 4.78 is 5.00. The molecule has 528 valence electrons. The maximum Gasteiger partial charge on any atom is 0.252 e. The summed E-state index contributed by atoms with van der Waals surface area (Å²) in [6.45, 7) is 9.20. The summed E-state index contributed by atoms with van der Waals surface area (Å²) in [7, 11) is 0. The predicted molar refractivity (Wildman–Crippen MR) is 476 cm³/mol. The lowest BCUT2D eigenvalue weighted by Gasteiger charge is -2.46. The average molecular weight is 1430 g/mol. The highest BCUT2D eigenvalue weighted by Gasteiger charge is 2.46. The number of hydrogen-bond donors (Lipinski definition) is 0. The summed E-state index contributed by atoms with van der Waals surface area (Å²) in [6, 6.07) is 148. The van der Waals surface area contributed by atoms with Crippen LogP contribution in [0, 0.1) is 6.92 Å². The van der Waals surface area contributed by atoms with Crippen molar-refractivity contribution in [3.63, 3.8) is 0 Å². The third-order valence-electron chi connectivity index (χ3n) is 23.4. The first-order valence-electron chi connectivity index (χ1n) is 39.1. The number of fused-ring (bicyclic) bond motifs is 10. The Morgan fingerprint density at radius 3 is 0.929 bits per heavy atom. The van der Waals surface area contributed by atoms with Crippen LogP contribution in [0.2, 0.25) is 0 Å². The average Bonchev–Trinajstić information content (AvgIpc) is 0.732. The Balaban J connectivity index is 0.892. The van der Waals surface area contributed by atoms with E-state index in [4.69, 9.17) is 0 Å². The standard InChI is InChI=1S/C107H77BN4/c1-70-60-92(74-36-15-8-16-37-74)106(93(61-70)82-45-28-43-80(65-82)78-41-26-39-76(63-78)72-32-11-6-12-33-72)112-101-69-85(110-98-54-23-19-48-90(98)91-49-20-24-55-99(91)110)57-59-95(101)108-94-58-56-84(109-96-52-21-17-46-88(96)89-47-18-22-53-97(89)109)68-100(94)111(102-66-83(107(2,3)4)67-103(112)104(102)108)105-86(73-34-13-7-14-35-73)50-29-51-87(105)81-44-27-42-79(64-81)77-40-25-38-75(62-77)71-30-9-5-10-31-71/h5-69H,1-4H3. The summed E-state index contributed by atoms with van der Waals surface area (Å²) in [5.74, 6) is 0. The Kier molecular flexibility index (Phi) is 15.8. The molecule has 0 radical (unpaired) electrons. The lowest BCUT2D eigenvalue weighted by atomic mass is 9.33. The summed E-state index contributed by atoms with van der Waals surface area (Å²) in [5.41, 5.74) is 37.6. The number of para-hydroxylation sites is 5. The van der Waals surface area contributed by atoms with Crippen molar-refractivity contribution >= 4 is 101 Å². The highest BCUT2D eigenvalue weighted by atomic mass is 15.2. The van der Waals surface area contributed by atoms with E-state index in [0.717, 1.165) is 134 Å². The van der Waals surface area contributed by atoms with Gasteiger partial charge in [0.15, 0.2) is 0 Å². The second-order valence-corrected chi connectivity index (χ2v) is 31.2. The monoisotopic (exact) mass is 1430 g/mol. The van der Waals surface area contributed by atoms with Gasteiger partial charge >= 0.3 is 0 Å². The van der Waals surface area contributed by atoms with Crippen LogP contribution in [0.25, 0.3) is 144 Å². The van der Waals surface area contributed by atoms with Crippen molar-refractivity contribution in [2.75, 3.05) is 9.80 Å². The van der Waals surface area contributed by atoms with Crippen molar-refractivity contribution < 1.29 is 0 Å². The third-order valence-corrected chi connectivity index (χ3v) is 23.4. The maximum absolute atomic E-state index is 2.73. The van der Waals surface area contributed by atoms with Crippen LogP contribution < -0.4 is 26.2 Å². The van der Waals surface area contributed by atoms with Gasteiger partial charge in [-0.25, -0.2) is 0 Å². The summed E-state index contributed by atoms with van der Waals surface area (Å²) in [6.07, 6.45) is 0. The van der Waals surface area contributed by atoms with Crippen molar-refractivity contribution in [1.82, 2.24) is 9.13 Å². The Hall–Kier alpha value is -14.0. The predicted octanol–water partition coefficient (Wildman–Crippen LogP) is 26.9. The molecule has 0 aliphatic carbocycles. The van der Waals surface area contributed by atoms with E-state index in [-0.39, 0.29) is 12.1 Å². The molecule has 2 aromatic heterocycles. The van der Waals surface area contributed by atoms with Crippen molar-refractivity contribution in [1.29, 1.82) is 0 Å². The SMILES string of the molecule is Cc1cc(-c2ccccc2)c(N2c3cc(-n4c5ccccc5c5ccccc54)ccc3B3c4ccc(-n5c6ccccc6c6ccccc65)cc4N(c4c(-c5ccccc5)cccc4-c4cccc(-c5cccc(-c6ccccc6)c5)c4)c4cc(C(C)(C)C)cc2c43)c(-c2cccc(-c3cccc(-c4ccccc4)c3)c2)c1. The second-order valence-electron chi connectivity index (χ2n) is 31.2. The lowest BCUT2D eigenvalue weighted by molar-refractivity contribution is 0.590. The highest BCUT2D eigenvalue weighted by Crippen LogP contribution is 2.55. The Morgan fingerprint density at radius 2 is 0.527 bits per heavy atom. The zero-order chi connectivity index (χ0) is 74.7. The molecular formula is C107H77BN4.